The number of hydrogen-bond donors (Lipinski definition) is 1. The smallest absolute Gasteiger partial charge is 0.274 e. The second-order valence-electron chi connectivity index (χ2n) is 6.93. The van der Waals surface area contributed by atoms with Crippen LogP contribution in [0.3, 0.4) is 0 Å². The number of amides is 1. The summed E-state index contributed by atoms with van der Waals surface area (Å²) in [5.74, 6) is 1.25. The molecule has 1 fully saturated rings. The minimum atomic E-state index is -0.639. The van der Waals surface area contributed by atoms with Gasteiger partial charge in [-0.2, -0.15) is 5.10 Å². The van der Waals surface area contributed by atoms with E-state index in [0.29, 0.717) is 24.4 Å². The van der Waals surface area contributed by atoms with E-state index in [1.807, 2.05) is 42.6 Å². The normalized spacial score (nSPS) is 21.6. The van der Waals surface area contributed by atoms with Gasteiger partial charge in [-0.3, -0.25) is 4.79 Å². The summed E-state index contributed by atoms with van der Waals surface area (Å²) in [5.41, 5.74) is 2.28. The second kappa shape index (κ2) is 6.28. The zero-order valence-corrected chi connectivity index (χ0v) is 14.6. The fourth-order valence-corrected chi connectivity index (χ4v) is 3.85. The van der Waals surface area contributed by atoms with Gasteiger partial charge in [-0.05, 0) is 42.3 Å². The number of benzene rings is 1. The number of aliphatic hydroxyl groups excluding tert-OH is 1. The molecule has 7 nitrogen and oxygen atoms in total. The van der Waals surface area contributed by atoms with Crippen molar-refractivity contribution in [3.05, 3.63) is 59.9 Å². The van der Waals surface area contributed by atoms with Crippen molar-refractivity contribution in [2.75, 3.05) is 19.9 Å². The molecule has 4 heterocycles. The van der Waals surface area contributed by atoms with Crippen LogP contribution in [0, 0.1) is 0 Å². The Bertz CT molecular complexity index is 982. The van der Waals surface area contributed by atoms with Crippen molar-refractivity contribution < 1.29 is 19.4 Å². The fourth-order valence-electron chi connectivity index (χ4n) is 3.85. The predicted molar refractivity (Wildman–Crippen MR) is 97.0 cm³/mol. The molecule has 0 spiro atoms. The molecule has 0 saturated carbocycles. The Labute approximate surface area is 155 Å². The number of pyridine rings is 1. The molecule has 0 unspecified atom stereocenters. The van der Waals surface area contributed by atoms with Crippen molar-refractivity contribution in [1.29, 1.82) is 0 Å². The number of ether oxygens (including phenoxy) is 2. The monoisotopic (exact) mass is 365 g/mol. The molecule has 1 N–H and O–H groups in total. The molecule has 0 radical (unpaired) electrons. The van der Waals surface area contributed by atoms with Crippen molar-refractivity contribution in [2.24, 2.45) is 0 Å². The number of aromatic nitrogens is 2. The average molecular weight is 365 g/mol. The fraction of sp³-hybridized carbons (Fsp3) is 0.300. The molecule has 1 aromatic carbocycles. The first kappa shape index (κ1) is 16.1. The summed E-state index contributed by atoms with van der Waals surface area (Å²) in [7, 11) is 0. The molecule has 3 aromatic rings. The third-order valence-corrected chi connectivity index (χ3v) is 5.28. The van der Waals surface area contributed by atoms with Gasteiger partial charge < -0.3 is 19.5 Å². The number of nitrogens with zero attached hydrogens (tertiary/aromatic N) is 3. The van der Waals surface area contributed by atoms with Gasteiger partial charge in [0.1, 0.15) is 0 Å². The Balaban J connectivity index is 1.32. The average Bonchev–Trinajstić information content (AvgIpc) is 3.33. The lowest BCUT2D eigenvalue weighted by molar-refractivity contribution is 0.0377. The zero-order valence-electron chi connectivity index (χ0n) is 14.6. The lowest BCUT2D eigenvalue weighted by Gasteiger charge is -2.36. The highest BCUT2D eigenvalue weighted by Gasteiger charge is 2.33. The van der Waals surface area contributed by atoms with Crippen molar-refractivity contribution >= 4 is 11.4 Å². The van der Waals surface area contributed by atoms with Gasteiger partial charge in [-0.15, -0.1) is 0 Å². The van der Waals surface area contributed by atoms with Crippen LogP contribution in [0.15, 0.2) is 48.7 Å². The number of likely N-dealkylation sites (tertiary alicyclic amines) is 1. The molecule has 0 bridgehead atoms. The van der Waals surface area contributed by atoms with E-state index in [0.717, 1.165) is 16.8 Å². The number of fused-ring (bicyclic) bond motifs is 2. The highest BCUT2D eigenvalue weighted by molar-refractivity contribution is 5.93. The van der Waals surface area contributed by atoms with E-state index in [1.165, 1.54) is 0 Å². The van der Waals surface area contributed by atoms with Gasteiger partial charge in [0.15, 0.2) is 17.2 Å². The molecule has 1 saturated heterocycles. The van der Waals surface area contributed by atoms with Crippen molar-refractivity contribution in [2.45, 2.75) is 18.4 Å². The molecule has 2 aliphatic heterocycles. The summed E-state index contributed by atoms with van der Waals surface area (Å²) < 4.78 is 12.5. The van der Waals surface area contributed by atoms with Crippen molar-refractivity contribution in [3.8, 4) is 11.5 Å². The largest absolute Gasteiger partial charge is 0.454 e. The summed E-state index contributed by atoms with van der Waals surface area (Å²) in [6, 6.07) is 13.2. The SMILES string of the molecule is O=C(c1cc2ccccn2n1)N1CC[C@@H](c2ccc3c(c2)OCO3)[C@H](O)C1. The van der Waals surface area contributed by atoms with E-state index in [-0.39, 0.29) is 25.2 Å². The maximum Gasteiger partial charge on any atom is 0.274 e. The minimum Gasteiger partial charge on any atom is -0.454 e. The van der Waals surface area contributed by atoms with E-state index in [2.05, 4.69) is 5.10 Å². The summed E-state index contributed by atoms with van der Waals surface area (Å²) in [6.45, 7) is 1.09. The van der Waals surface area contributed by atoms with E-state index in [9.17, 15) is 9.90 Å². The Morgan fingerprint density at radius 3 is 2.89 bits per heavy atom. The van der Waals surface area contributed by atoms with Crippen molar-refractivity contribution in [1.82, 2.24) is 14.5 Å². The van der Waals surface area contributed by atoms with Crippen LogP contribution >= 0.6 is 0 Å². The van der Waals surface area contributed by atoms with Gasteiger partial charge in [0.25, 0.3) is 5.91 Å². The van der Waals surface area contributed by atoms with Gasteiger partial charge in [0.2, 0.25) is 6.79 Å². The van der Waals surface area contributed by atoms with Gasteiger partial charge >= 0.3 is 0 Å². The Kier molecular flexibility index (Phi) is 3.75. The molecule has 5 rings (SSSR count). The molecule has 0 aliphatic carbocycles. The first-order valence-corrected chi connectivity index (χ1v) is 9.00. The van der Waals surface area contributed by atoms with Crippen LogP contribution in [0.2, 0.25) is 0 Å². The van der Waals surface area contributed by atoms with Crippen LogP contribution in [0.25, 0.3) is 5.52 Å². The van der Waals surface area contributed by atoms with Crippen LogP contribution < -0.4 is 9.47 Å². The van der Waals surface area contributed by atoms with Crippen LogP contribution in [-0.4, -0.2) is 51.5 Å². The molecular weight excluding hydrogens is 346 g/mol. The van der Waals surface area contributed by atoms with Gasteiger partial charge in [-0.25, -0.2) is 4.52 Å². The molecule has 2 aliphatic rings. The van der Waals surface area contributed by atoms with E-state index in [1.54, 1.807) is 15.5 Å². The van der Waals surface area contributed by atoms with E-state index in [4.69, 9.17) is 9.47 Å². The molecule has 138 valence electrons. The van der Waals surface area contributed by atoms with Crippen LogP contribution in [0.4, 0.5) is 0 Å². The Hall–Kier alpha value is -3.06. The third kappa shape index (κ3) is 2.80. The van der Waals surface area contributed by atoms with E-state index < -0.39 is 6.10 Å². The highest BCUT2D eigenvalue weighted by Crippen LogP contribution is 2.37. The maximum absolute atomic E-state index is 12.8. The number of piperidine rings is 1. The molecule has 1 amide bonds. The predicted octanol–water partition coefficient (Wildman–Crippen LogP) is 2.05. The molecule has 2 aromatic heterocycles. The number of hydrogen-bond acceptors (Lipinski definition) is 5. The van der Waals surface area contributed by atoms with Gasteiger partial charge in [0.05, 0.1) is 11.6 Å². The number of rotatable bonds is 2. The number of carbonyl (C=O) groups is 1. The summed E-state index contributed by atoms with van der Waals surface area (Å²) in [4.78, 5) is 14.5. The molecule has 27 heavy (non-hydrogen) atoms. The summed E-state index contributed by atoms with van der Waals surface area (Å²) in [5, 5.41) is 15.0. The standard InChI is InChI=1S/C20H19N3O4/c24-17-11-22(20(25)16-10-14-3-1-2-7-23(14)21-16)8-6-15(17)13-4-5-18-19(9-13)27-12-26-18/h1-5,7,9-10,15,17,24H,6,8,11-12H2/t15-,17+/m0/s1. The topological polar surface area (TPSA) is 76.3 Å². The minimum absolute atomic E-state index is 0.0374. The first-order valence-electron chi connectivity index (χ1n) is 9.00. The lowest BCUT2D eigenvalue weighted by atomic mass is 9.87. The van der Waals surface area contributed by atoms with Crippen LogP contribution in [0.1, 0.15) is 28.4 Å². The maximum atomic E-state index is 12.8. The number of aliphatic hydroxyl groups is 1. The number of carbonyl (C=O) groups excluding carboxylic acids is 1. The Morgan fingerprint density at radius 1 is 1.15 bits per heavy atom. The summed E-state index contributed by atoms with van der Waals surface area (Å²) in [6.07, 6.45) is 1.85. The first-order chi connectivity index (χ1) is 13.2. The lowest BCUT2D eigenvalue weighted by Crippen LogP contribution is -2.45. The van der Waals surface area contributed by atoms with E-state index >= 15 is 0 Å². The van der Waals surface area contributed by atoms with Gasteiger partial charge in [-0.1, -0.05) is 12.1 Å². The summed E-state index contributed by atoms with van der Waals surface area (Å²) >= 11 is 0. The Morgan fingerprint density at radius 2 is 2.04 bits per heavy atom. The van der Waals surface area contributed by atoms with Gasteiger partial charge in [0, 0.05) is 25.2 Å². The van der Waals surface area contributed by atoms with Crippen molar-refractivity contribution in [3.63, 3.8) is 0 Å². The highest BCUT2D eigenvalue weighted by atomic mass is 16.7. The zero-order chi connectivity index (χ0) is 18.4. The second-order valence-corrected chi connectivity index (χ2v) is 6.93. The quantitative estimate of drug-likeness (QED) is 0.752. The number of β-amino-alcohol motifs (C(OH)–C–C–N with tert-alkyl or cyclic N) is 1. The third-order valence-electron chi connectivity index (χ3n) is 5.28. The molecule has 7 heteroatoms. The van der Waals surface area contributed by atoms with Crippen LogP contribution in [0.5, 0.6) is 11.5 Å². The molecular formula is C20H19N3O4. The van der Waals surface area contributed by atoms with Crippen LogP contribution in [-0.2, 0) is 0 Å². The molecule has 2 atom stereocenters.